The van der Waals surface area contributed by atoms with E-state index in [-0.39, 0.29) is 5.56 Å². The molecule has 1 N–H and O–H groups in total. The molecule has 4 aromatic rings. The first kappa shape index (κ1) is 22.1. The maximum atomic E-state index is 13.1. The van der Waals surface area contributed by atoms with Crippen molar-refractivity contribution in [3.05, 3.63) is 75.9 Å². The molecular formula is C24H21N3O5S. The van der Waals surface area contributed by atoms with Crippen LogP contribution in [-0.4, -0.2) is 36.9 Å². The highest BCUT2D eigenvalue weighted by atomic mass is 32.1. The van der Waals surface area contributed by atoms with Crippen LogP contribution in [0, 0.1) is 0 Å². The third-order valence-electron chi connectivity index (χ3n) is 4.85. The number of fused-ring (bicyclic) bond motifs is 1. The summed E-state index contributed by atoms with van der Waals surface area (Å²) in [6.45, 7) is 0. The van der Waals surface area contributed by atoms with Gasteiger partial charge >= 0.3 is 0 Å². The second kappa shape index (κ2) is 9.58. The molecule has 2 heterocycles. The first-order chi connectivity index (χ1) is 16.0. The summed E-state index contributed by atoms with van der Waals surface area (Å²) >= 11 is 1.43. The standard InChI is InChI=1S/C24H21N3O5S/c1-30-18-13-15(14-19(31-2)22(18)32-3)10-11-21(28)26-27-23(20-9-6-12-33-20)25-17-8-5-4-7-16(17)24(27)29/h4-14H,1-3H3,(H,26,28)/b11-10+. The first-order valence-electron chi connectivity index (χ1n) is 9.90. The molecule has 9 heteroatoms. The van der Waals surface area contributed by atoms with Gasteiger partial charge in [-0.2, -0.15) is 4.68 Å². The van der Waals surface area contributed by atoms with Crippen molar-refractivity contribution < 1.29 is 19.0 Å². The fourth-order valence-corrected chi connectivity index (χ4v) is 4.03. The van der Waals surface area contributed by atoms with Gasteiger partial charge in [-0.25, -0.2) is 4.98 Å². The van der Waals surface area contributed by atoms with E-state index >= 15 is 0 Å². The van der Waals surface area contributed by atoms with Gasteiger partial charge in [-0.1, -0.05) is 18.2 Å². The molecule has 0 atom stereocenters. The maximum Gasteiger partial charge on any atom is 0.280 e. The SMILES string of the molecule is COc1cc(/C=C/C(=O)Nn2c(-c3cccs3)nc3ccccc3c2=O)cc(OC)c1OC. The van der Waals surface area contributed by atoms with Crippen molar-refractivity contribution in [2.45, 2.75) is 0 Å². The van der Waals surface area contributed by atoms with Crippen LogP contribution in [0.1, 0.15) is 5.56 Å². The molecule has 0 unspecified atom stereocenters. The Labute approximate surface area is 193 Å². The minimum Gasteiger partial charge on any atom is -0.493 e. The molecule has 1 amide bonds. The van der Waals surface area contributed by atoms with E-state index in [0.29, 0.717) is 39.5 Å². The summed E-state index contributed by atoms with van der Waals surface area (Å²) in [5, 5.41) is 2.29. The number of nitrogens with one attached hydrogen (secondary N) is 1. The Balaban J connectivity index is 1.69. The Bertz CT molecular complexity index is 1370. The second-order valence-electron chi connectivity index (χ2n) is 6.84. The average Bonchev–Trinajstić information content (AvgIpc) is 3.38. The van der Waals surface area contributed by atoms with Gasteiger partial charge < -0.3 is 14.2 Å². The summed E-state index contributed by atoms with van der Waals surface area (Å²) in [6.07, 6.45) is 2.91. The quantitative estimate of drug-likeness (QED) is 0.418. The van der Waals surface area contributed by atoms with Crippen LogP contribution in [0.25, 0.3) is 27.7 Å². The molecule has 4 rings (SSSR count). The number of benzene rings is 2. The number of carbonyl (C=O) groups excluding carboxylic acids is 1. The fourth-order valence-electron chi connectivity index (χ4n) is 3.32. The van der Waals surface area contributed by atoms with Crippen LogP contribution in [0.5, 0.6) is 17.2 Å². The van der Waals surface area contributed by atoms with E-state index in [1.165, 1.54) is 43.4 Å². The van der Waals surface area contributed by atoms with Crippen molar-refractivity contribution in [3.8, 4) is 28.0 Å². The van der Waals surface area contributed by atoms with Gasteiger partial charge in [-0.05, 0) is 47.4 Å². The van der Waals surface area contributed by atoms with Crippen LogP contribution >= 0.6 is 11.3 Å². The molecule has 33 heavy (non-hydrogen) atoms. The van der Waals surface area contributed by atoms with Gasteiger partial charge in [-0.15, -0.1) is 11.3 Å². The van der Waals surface area contributed by atoms with E-state index < -0.39 is 5.91 Å². The van der Waals surface area contributed by atoms with Crippen LogP contribution in [0.15, 0.2) is 64.8 Å². The second-order valence-corrected chi connectivity index (χ2v) is 7.79. The molecule has 8 nitrogen and oxygen atoms in total. The Kier molecular flexibility index (Phi) is 6.41. The van der Waals surface area contributed by atoms with Crippen molar-refractivity contribution in [2.75, 3.05) is 26.8 Å². The van der Waals surface area contributed by atoms with Crippen molar-refractivity contribution in [1.29, 1.82) is 0 Å². The van der Waals surface area contributed by atoms with Gasteiger partial charge in [0.15, 0.2) is 17.3 Å². The van der Waals surface area contributed by atoms with E-state index in [1.807, 2.05) is 23.6 Å². The number of nitrogens with zero attached hydrogens (tertiary/aromatic N) is 2. The molecule has 168 valence electrons. The van der Waals surface area contributed by atoms with Crippen LogP contribution < -0.4 is 25.2 Å². The minimum atomic E-state index is -0.499. The lowest BCUT2D eigenvalue weighted by atomic mass is 10.1. The summed E-state index contributed by atoms with van der Waals surface area (Å²) in [7, 11) is 4.55. The van der Waals surface area contributed by atoms with Gasteiger partial charge in [0, 0.05) is 6.08 Å². The van der Waals surface area contributed by atoms with Crippen LogP contribution in [-0.2, 0) is 4.79 Å². The highest BCUT2D eigenvalue weighted by Crippen LogP contribution is 2.38. The Morgan fingerprint density at radius 3 is 2.39 bits per heavy atom. The predicted octanol–water partition coefficient (Wildman–Crippen LogP) is 3.93. The average molecular weight is 464 g/mol. The number of aromatic nitrogens is 2. The van der Waals surface area contributed by atoms with Crippen molar-refractivity contribution in [2.24, 2.45) is 0 Å². The lowest BCUT2D eigenvalue weighted by Gasteiger charge is -2.13. The number of hydrogen-bond acceptors (Lipinski definition) is 7. The predicted molar refractivity (Wildman–Crippen MR) is 129 cm³/mol. The first-order valence-corrected chi connectivity index (χ1v) is 10.8. The zero-order valence-corrected chi connectivity index (χ0v) is 19.0. The lowest BCUT2D eigenvalue weighted by Crippen LogP contribution is -2.34. The van der Waals surface area contributed by atoms with E-state index in [1.54, 1.807) is 36.4 Å². The fraction of sp³-hybridized carbons (Fsp3) is 0.125. The number of methoxy groups -OCH3 is 3. The molecule has 0 saturated carbocycles. The normalized spacial score (nSPS) is 11.0. The van der Waals surface area contributed by atoms with Crippen molar-refractivity contribution in [1.82, 2.24) is 9.66 Å². The number of rotatable bonds is 7. The number of carbonyl (C=O) groups is 1. The Morgan fingerprint density at radius 1 is 1.03 bits per heavy atom. The summed E-state index contributed by atoms with van der Waals surface area (Å²) in [6, 6.07) is 14.1. The van der Waals surface area contributed by atoms with Gasteiger partial charge in [-0.3, -0.25) is 15.0 Å². The topological polar surface area (TPSA) is 91.7 Å². The molecule has 0 saturated heterocycles. The van der Waals surface area contributed by atoms with Crippen molar-refractivity contribution >= 4 is 34.2 Å². The summed E-state index contributed by atoms with van der Waals surface area (Å²) in [5.74, 6) is 1.25. The zero-order valence-electron chi connectivity index (χ0n) is 18.2. The molecule has 0 aliphatic carbocycles. The van der Waals surface area contributed by atoms with Gasteiger partial charge in [0.2, 0.25) is 5.75 Å². The number of hydrogen-bond donors (Lipinski definition) is 1. The molecular weight excluding hydrogens is 442 g/mol. The minimum absolute atomic E-state index is 0.362. The molecule has 2 aromatic heterocycles. The molecule has 2 aromatic carbocycles. The maximum absolute atomic E-state index is 13.1. The highest BCUT2D eigenvalue weighted by molar-refractivity contribution is 7.13. The Hall–Kier alpha value is -4.11. The monoisotopic (exact) mass is 463 g/mol. The number of para-hydroxylation sites is 1. The van der Waals surface area contributed by atoms with Crippen LogP contribution in [0.2, 0.25) is 0 Å². The van der Waals surface area contributed by atoms with E-state index in [0.717, 1.165) is 4.88 Å². The molecule has 0 aliphatic heterocycles. The summed E-state index contributed by atoms with van der Waals surface area (Å²) < 4.78 is 17.2. The van der Waals surface area contributed by atoms with Crippen LogP contribution in [0.3, 0.4) is 0 Å². The summed E-state index contributed by atoms with van der Waals surface area (Å²) in [5.41, 5.74) is 3.50. The Morgan fingerprint density at radius 2 is 1.76 bits per heavy atom. The number of amides is 1. The third kappa shape index (κ3) is 4.44. The molecule has 0 aliphatic rings. The lowest BCUT2D eigenvalue weighted by molar-refractivity contribution is -0.112. The number of thiophene rings is 1. The molecule has 0 radical (unpaired) electrons. The molecule has 0 fully saturated rings. The zero-order chi connectivity index (χ0) is 23.4. The third-order valence-corrected chi connectivity index (χ3v) is 5.72. The van der Waals surface area contributed by atoms with Gasteiger partial charge in [0.1, 0.15) is 0 Å². The molecule has 0 spiro atoms. The molecule has 0 bridgehead atoms. The number of ether oxygens (including phenoxy) is 3. The van der Waals surface area contributed by atoms with Gasteiger partial charge in [0.05, 0.1) is 37.1 Å². The smallest absolute Gasteiger partial charge is 0.280 e. The summed E-state index contributed by atoms with van der Waals surface area (Å²) in [4.78, 5) is 31.3. The van der Waals surface area contributed by atoms with E-state index in [2.05, 4.69) is 10.4 Å². The van der Waals surface area contributed by atoms with Crippen molar-refractivity contribution in [3.63, 3.8) is 0 Å². The van der Waals surface area contributed by atoms with E-state index in [4.69, 9.17) is 14.2 Å². The van der Waals surface area contributed by atoms with Gasteiger partial charge in [0.25, 0.3) is 11.5 Å². The largest absolute Gasteiger partial charge is 0.493 e. The highest BCUT2D eigenvalue weighted by Gasteiger charge is 2.15. The van der Waals surface area contributed by atoms with E-state index in [9.17, 15) is 9.59 Å². The van der Waals surface area contributed by atoms with Crippen LogP contribution in [0.4, 0.5) is 0 Å².